The number of hydrogen-bond acceptors (Lipinski definition) is 7. The highest BCUT2D eigenvalue weighted by molar-refractivity contribution is 6.08. The van der Waals surface area contributed by atoms with E-state index in [1.165, 1.54) is 0 Å². The lowest BCUT2D eigenvalue weighted by Crippen LogP contribution is -2.15. The van der Waals surface area contributed by atoms with Gasteiger partial charge in [0.2, 0.25) is 0 Å². The van der Waals surface area contributed by atoms with Crippen LogP contribution in [0.3, 0.4) is 0 Å². The van der Waals surface area contributed by atoms with Gasteiger partial charge in [0.15, 0.2) is 0 Å². The van der Waals surface area contributed by atoms with Crippen LogP contribution in [0.25, 0.3) is 33.4 Å². The average Bonchev–Trinajstić information content (AvgIpc) is 2.91. The zero-order chi connectivity index (χ0) is 28.1. The lowest BCUT2D eigenvalue weighted by atomic mass is 9.89. The molecule has 0 bridgehead atoms. The summed E-state index contributed by atoms with van der Waals surface area (Å²) in [5, 5.41) is 5.15. The minimum Gasteiger partial charge on any atom is -0.459 e. The number of fused-ring (bicyclic) bond motifs is 2. The summed E-state index contributed by atoms with van der Waals surface area (Å²) in [7, 11) is 0. The molecule has 0 aromatic heterocycles. The van der Waals surface area contributed by atoms with Gasteiger partial charge in [0.1, 0.15) is 24.6 Å². The largest absolute Gasteiger partial charge is 0.459 e. The van der Waals surface area contributed by atoms with Crippen LogP contribution in [0.2, 0.25) is 0 Å². The van der Waals surface area contributed by atoms with E-state index in [0.29, 0.717) is 23.5 Å². The number of aryl methyl sites for hydroxylation is 2. The van der Waals surface area contributed by atoms with E-state index < -0.39 is 11.9 Å². The zero-order valence-corrected chi connectivity index (χ0v) is 23.1. The quantitative estimate of drug-likeness (QED) is 0.117. The van der Waals surface area contributed by atoms with E-state index in [-0.39, 0.29) is 18.8 Å². The second-order valence-corrected chi connectivity index (χ2v) is 9.38. The summed E-state index contributed by atoms with van der Waals surface area (Å²) in [6, 6.07) is 15.5. The summed E-state index contributed by atoms with van der Waals surface area (Å²) in [6.45, 7) is 14.6. The standard InChI is InChI=1S/C32H34N2O5/c1-7-33-26-17-28-24(15-20(26)5)30(25-16-21(6)27(34-8-2)18-29(25)39-28)22-11-9-10-12-23(22)32(36)38-14-13-37-31(35)19(3)4/h9-12,15-18,33H,3,7-8,13-14H2,1-2,4-6H3/b34-27-. The van der Waals surface area contributed by atoms with Gasteiger partial charge in [-0.1, -0.05) is 24.8 Å². The van der Waals surface area contributed by atoms with Crippen LogP contribution in [-0.4, -0.2) is 38.2 Å². The first-order chi connectivity index (χ1) is 18.7. The molecule has 2 aromatic carbocycles. The first-order valence-corrected chi connectivity index (χ1v) is 13.1. The van der Waals surface area contributed by atoms with Gasteiger partial charge >= 0.3 is 11.9 Å². The summed E-state index contributed by atoms with van der Waals surface area (Å²) in [4.78, 5) is 29.5. The van der Waals surface area contributed by atoms with Crippen molar-refractivity contribution in [1.29, 1.82) is 0 Å². The van der Waals surface area contributed by atoms with Crippen molar-refractivity contribution >= 4 is 28.6 Å². The van der Waals surface area contributed by atoms with Crippen LogP contribution in [0.5, 0.6) is 0 Å². The fourth-order valence-corrected chi connectivity index (χ4v) is 4.55. The van der Waals surface area contributed by atoms with E-state index >= 15 is 0 Å². The van der Waals surface area contributed by atoms with E-state index in [1.807, 2.05) is 45.0 Å². The Morgan fingerprint density at radius 2 is 1.72 bits per heavy atom. The smallest absolute Gasteiger partial charge is 0.338 e. The van der Waals surface area contributed by atoms with Crippen molar-refractivity contribution < 1.29 is 23.5 Å². The number of benzene rings is 3. The molecule has 202 valence electrons. The molecule has 0 atom stereocenters. The van der Waals surface area contributed by atoms with E-state index in [0.717, 1.165) is 50.8 Å². The van der Waals surface area contributed by atoms with Crippen molar-refractivity contribution in [2.75, 3.05) is 31.6 Å². The van der Waals surface area contributed by atoms with Crippen molar-refractivity contribution in [1.82, 2.24) is 0 Å². The molecule has 0 amide bonds. The summed E-state index contributed by atoms with van der Waals surface area (Å²) in [6.07, 6.45) is 0. The van der Waals surface area contributed by atoms with Crippen LogP contribution in [0.1, 0.15) is 42.3 Å². The van der Waals surface area contributed by atoms with Crippen LogP contribution in [0, 0.1) is 13.8 Å². The summed E-state index contributed by atoms with van der Waals surface area (Å²) in [5.74, 6) is -0.347. The van der Waals surface area contributed by atoms with Crippen LogP contribution in [0.4, 0.5) is 5.69 Å². The Kier molecular flexibility index (Phi) is 8.49. The van der Waals surface area contributed by atoms with Gasteiger partial charge in [0.25, 0.3) is 0 Å². The minimum absolute atomic E-state index is 0.0506. The molecule has 4 rings (SSSR count). The third kappa shape index (κ3) is 5.87. The molecule has 0 saturated heterocycles. The van der Waals surface area contributed by atoms with Crippen molar-refractivity contribution in [3.8, 4) is 22.5 Å². The molecular weight excluding hydrogens is 492 g/mol. The Balaban J connectivity index is 1.88. The van der Waals surface area contributed by atoms with E-state index in [4.69, 9.17) is 13.9 Å². The highest BCUT2D eigenvalue weighted by Crippen LogP contribution is 2.43. The molecule has 1 N–H and O–H groups in total. The maximum absolute atomic E-state index is 13.3. The number of hydrogen-bond donors (Lipinski definition) is 1. The molecule has 7 nitrogen and oxygen atoms in total. The van der Waals surface area contributed by atoms with Crippen molar-refractivity contribution in [2.24, 2.45) is 4.99 Å². The number of carbonyl (C=O) groups excluding carboxylic acids is 2. The summed E-state index contributed by atoms with van der Waals surface area (Å²) in [5.41, 5.74) is 6.94. The van der Waals surface area contributed by atoms with E-state index in [2.05, 4.69) is 35.9 Å². The molecule has 0 unspecified atom stereocenters. The lowest BCUT2D eigenvalue weighted by Gasteiger charge is -2.19. The Labute approximate surface area is 228 Å². The number of carbonyl (C=O) groups is 2. The number of nitrogens with one attached hydrogen (secondary N) is 1. The van der Waals surface area contributed by atoms with Gasteiger partial charge in [-0.05, 0) is 69.5 Å². The first-order valence-electron chi connectivity index (χ1n) is 13.1. The predicted molar refractivity (Wildman–Crippen MR) is 154 cm³/mol. The first kappa shape index (κ1) is 27.6. The second kappa shape index (κ2) is 12.0. The molecule has 0 spiro atoms. The number of rotatable bonds is 9. The van der Waals surface area contributed by atoms with Gasteiger partial charge in [-0.15, -0.1) is 0 Å². The van der Waals surface area contributed by atoms with Gasteiger partial charge in [-0.25, -0.2) is 9.59 Å². The normalized spacial score (nSPS) is 11.6. The topological polar surface area (TPSA) is 90.1 Å². The average molecular weight is 527 g/mol. The van der Waals surface area contributed by atoms with Crippen LogP contribution >= 0.6 is 0 Å². The monoisotopic (exact) mass is 526 g/mol. The van der Waals surface area contributed by atoms with Gasteiger partial charge in [-0.2, -0.15) is 0 Å². The van der Waals surface area contributed by atoms with Crippen LogP contribution < -0.4 is 10.7 Å². The van der Waals surface area contributed by atoms with Crippen molar-refractivity contribution in [2.45, 2.75) is 34.6 Å². The van der Waals surface area contributed by atoms with Gasteiger partial charge in [0, 0.05) is 53.0 Å². The number of esters is 2. The maximum Gasteiger partial charge on any atom is 0.338 e. The highest BCUT2D eigenvalue weighted by Gasteiger charge is 2.23. The number of nitrogens with zero attached hydrogens (tertiary/aromatic N) is 1. The molecule has 0 saturated carbocycles. The minimum atomic E-state index is -0.519. The second-order valence-electron chi connectivity index (χ2n) is 9.38. The van der Waals surface area contributed by atoms with Crippen LogP contribution in [-0.2, 0) is 14.3 Å². The molecule has 0 radical (unpaired) electrons. The Morgan fingerprint density at radius 3 is 2.44 bits per heavy atom. The SMILES string of the molecule is C=C(C)C(=O)OCCOC(=O)c1ccccc1-c1c2cc(C)/c(=N\CC)cc-2oc2cc(NCC)c(C)cc12. The van der Waals surface area contributed by atoms with Gasteiger partial charge in [0.05, 0.1) is 10.9 Å². The van der Waals surface area contributed by atoms with Crippen molar-refractivity contribution in [3.05, 3.63) is 82.7 Å². The lowest BCUT2D eigenvalue weighted by molar-refractivity contribution is -0.140. The molecule has 1 aliphatic carbocycles. The molecular formula is C32H34N2O5. The Bertz CT molecular complexity index is 1600. The predicted octanol–water partition coefficient (Wildman–Crippen LogP) is 6.45. The van der Waals surface area contributed by atoms with Gasteiger partial charge < -0.3 is 19.2 Å². The van der Waals surface area contributed by atoms with Gasteiger partial charge in [-0.3, -0.25) is 4.99 Å². The highest BCUT2D eigenvalue weighted by atomic mass is 16.6. The molecule has 1 aliphatic heterocycles. The molecule has 39 heavy (non-hydrogen) atoms. The Morgan fingerprint density at radius 1 is 0.974 bits per heavy atom. The maximum atomic E-state index is 13.3. The number of ether oxygens (including phenoxy) is 2. The molecule has 1 heterocycles. The molecule has 2 aromatic rings. The van der Waals surface area contributed by atoms with E-state index in [9.17, 15) is 9.59 Å². The zero-order valence-electron chi connectivity index (χ0n) is 23.1. The fraction of sp³-hybridized carbons (Fsp3) is 0.281. The third-order valence-corrected chi connectivity index (χ3v) is 6.39. The summed E-state index contributed by atoms with van der Waals surface area (Å²) >= 11 is 0. The summed E-state index contributed by atoms with van der Waals surface area (Å²) < 4.78 is 17.0. The fourth-order valence-electron chi connectivity index (χ4n) is 4.55. The number of anilines is 1. The molecule has 0 fully saturated rings. The Hall–Kier alpha value is -4.39. The van der Waals surface area contributed by atoms with Crippen molar-refractivity contribution in [3.63, 3.8) is 0 Å². The third-order valence-electron chi connectivity index (χ3n) is 6.39. The molecule has 2 aliphatic rings. The van der Waals surface area contributed by atoms with E-state index in [1.54, 1.807) is 19.1 Å². The van der Waals surface area contributed by atoms with Crippen LogP contribution in [0.15, 0.2) is 70.1 Å². The molecule has 7 heteroatoms.